The summed E-state index contributed by atoms with van der Waals surface area (Å²) in [5, 5.41) is 16.6. The lowest BCUT2D eigenvalue weighted by Gasteiger charge is -2.50. The molecule has 1 saturated heterocycles. The van der Waals surface area contributed by atoms with Gasteiger partial charge in [0.1, 0.15) is 24.0 Å². The molecule has 2 aromatic rings. The number of β-lactam (4-membered cyclic amide) rings is 1. The number of thiazole rings is 1. The summed E-state index contributed by atoms with van der Waals surface area (Å²) >= 11 is 3.85. The van der Waals surface area contributed by atoms with Gasteiger partial charge in [0.15, 0.2) is 21.6 Å². The number of fused-ring (bicyclic) bond motifs is 1. The highest BCUT2D eigenvalue weighted by Gasteiger charge is 2.70. The molecule has 24 heteroatoms. The molecule has 4 amide bonds. The highest BCUT2D eigenvalue weighted by Crippen LogP contribution is 2.61. The first-order valence-electron chi connectivity index (χ1n) is 13.8. The molecule has 0 spiro atoms. The van der Waals surface area contributed by atoms with Gasteiger partial charge in [0.25, 0.3) is 5.91 Å². The minimum Gasteiger partial charge on any atom is -0.398 e. The van der Waals surface area contributed by atoms with Gasteiger partial charge < -0.3 is 40.8 Å². The maximum Gasteiger partial charge on any atom is 0.429 e. The van der Waals surface area contributed by atoms with E-state index in [4.69, 9.17) is 10.6 Å². The number of imide groups is 1. The molecule has 0 aromatic carbocycles. The van der Waals surface area contributed by atoms with Crippen LogP contribution >= 0.6 is 50.1 Å². The Morgan fingerprint density at radius 2 is 1.98 bits per heavy atom. The zero-order valence-corrected chi connectivity index (χ0v) is 29.3. The van der Waals surface area contributed by atoms with Gasteiger partial charge >= 0.3 is 27.1 Å². The number of aromatic nitrogens is 4. The number of hydrogen-bond acceptors (Lipinski definition) is 14. The molecular weight excluding hydrogens is 720 g/mol. The fraction of sp³-hybridized carbons (Fsp3) is 0.522. The van der Waals surface area contributed by atoms with Gasteiger partial charge in [-0.2, -0.15) is 0 Å². The first-order chi connectivity index (χ1) is 22.1. The van der Waals surface area contributed by atoms with E-state index in [9.17, 15) is 43.1 Å². The van der Waals surface area contributed by atoms with Gasteiger partial charge in [-0.15, -0.1) is 32.7 Å². The van der Waals surface area contributed by atoms with Crippen molar-refractivity contribution in [2.24, 2.45) is 12.2 Å². The molecule has 258 valence electrons. The van der Waals surface area contributed by atoms with Crippen molar-refractivity contribution in [3.8, 4) is 0 Å². The highest BCUT2D eigenvalue weighted by atomic mass is 32.2. The number of carbonyl (C=O) groups is 3. The molecule has 2 aromatic heterocycles. The number of aryl methyl sites for hydroxylation is 1. The second kappa shape index (κ2) is 15.3. The van der Waals surface area contributed by atoms with Gasteiger partial charge in [0.05, 0.1) is 6.20 Å². The van der Waals surface area contributed by atoms with Crippen LogP contribution in [0.5, 0.6) is 0 Å². The fourth-order valence-corrected chi connectivity index (χ4v) is 10.5. The van der Waals surface area contributed by atoms with Gasteiger partial charge in [0, 0.05) is 36.1 Å². The van der Waals surface area contributed by atoms with Crippen molar-refractivity contribution in [2.75, 3.05) is 30.9 Å². The molecule has 2 aliphatic heterocycles. The molecule has 4 heterocycles. The van der Waals surface area contributed by atoms with Crippen LogP contribution in [0.25, 0.3) is 0 Å². The number of oxime groups is 1. The van der Waals surface area contributed by atoms with Crippen molar-refractivity contribution >= 4 is 78.7 Å². The summed E-state index contributed by atoms with van der Waals surface area (Å²) in [4.78, 5) is 86.8. The summed E-state index contributed by atoms with van der Waals surface area (Å²) in [6.45, 7) is 0.0749. The van der Waals surface area contributed by atoms with Gasteiger partial charge in [-0.1, -0.05) is 35.0 Å². The van der Waals surface area contributed by atoms with Crippen molar-refractivity contribution in [1.82, 2.24) is 30.6 Å². The summed E-state index contributed by atoms with van der Waals surface area (Å²) in [6.07, 6.45) is 3.47. The number of rotatable bonds is 15. The van der Waals surface area contributed by atoms with E-state index in [2.05, 4.69) is 31.1 Å². The van der Waals surface area contributed by atoms with Crippen LogP contribution < -0.4 is 16.4 Å². The lowest BCUT2D eigenvalue weighted by atomic mass is 10.0. The number of nitrogens with zero attached hydrogens (tertiary/aromatic N) is 6. The minimum absolute atomic E-state index is 0.0749. The number of urea groups is 1. The van der Waals surface area contributed by atoms with Crippen LogP contribution in [0.1, 0.15) is 31.4 Å². The normalized spacial score (nSPS) is 21.6. The first kappa shape index (κ1) is 37.2. The molecule has 4 rings (SSSR count). The van der Waals surface area contributed by atoms with Crippen LogP contribution in [0.3, 0.4) is 0 Å². The zero-order chi connectivity index (χ0) is 34.6. The van der Waals surface area contributed by atoms with Gasteiger partial charge in [0.2, 0.25) is 6.04 Å². The van der Waals surface area contributed by atoms with E-state index in [0.29, 0.717) is 24.3 Å². The standard InChI is InChI=1S/C23H33N9O10P2S3/c1-31-15(8-26-30-31)45-10-13-9-32(23(35)25-7-5-3-4-6-16(43(36,37)38)44(39,40)41)20(34)18(21(32)46-11-13)28-19(33)17(29-42-2)14-12-47-22(24)27-14/h8-9,12,16,18,21H,3-7,10-11H2,1-2H3,(H7-,24,25,27,28,33,35,36,37,38,39,40,41)/p+1/b29-17-/t18?,21-,32?/m0/s1. The van der Waals surface area contributed by atoms with Crippen LogP contribution in [0.15, 0.2) is 33.5 Å². The quantitative estimate of drug-likeness (QED) is 0.0251. The fourth-order valence-electron chi connectivity index (χ4n) is 4.95. The lowest BCUT2D eigenvalue weighted by Crippen LogP contribution is -2.82. The van der Waals surface area contributed by atoms with E-state index in [0.717, 1.165) is 21.9 Å². The maximum absolute atomic E-state index is 13.8. The molecule has 2 aliphatic rings. The summed E-state index contributed by atoms with van der Waals surface area (Å²) in [6, 6.07) is -1.69. The molecule has 1 fully saturated rings. The number of thioether (sulfide) groups is 2. The second-order valence-corrected chi connectivity index (χ2v) is 17.5. The molecule has 2 unspecified atom stereocenters. The largest absolute Gasteiger partial charge is 0.429 e. The Kier molecular flexibility index (Phi) is 12.1. The van der Waals surface area contributed by atoms with Crippen LogP contribution in [0.4, 0.5) is 9.93 Å². The van der Waals surface area contributed by atoms with Gasteiger partial charge in [-0.05, 0) is 12.8 Å². The van der Waals surface area contributed by atoms with Crippen LogP contribution in [-0.2, 0) is 30.6 Å². The van der Waals surface area contributed by atoms with E-state index >= 15 is 0 Å². The number of anilines is 1. The molecule has 0 radical (unpaired) electrons. The Morgan fingerprint density at radius 3 is 2.57 bits per heavy atom. The van der Waals surface area contributed by atoms with E-state index < -0.39 is 60.8 Å². The summed E-state index contributed by atoms with van der Waals surface area (Å²) in [5.41, 5.74) is 6.46. The number of quaternary nitrogens is 1. The Bertz CT molecular complexity index is 1640. The van der Waals surface area contributed by atoms with Gasteiger partial charge in [-0.3, -0.25) is 13.9 Å². The predicted molar refractivity (Wildman–Crippen MR) is 173 cm³/mol. The van der Waals surface area contributed by atoms with E-state index in [1.165, 1.54) is 36.0 Å². The monoisotopic (exact) mass is 754 g/mol. The Morgan fingerprint density at radius 1 is 1.26 bits per heavy atom. The number of hydrogen-bond donors (Lipinski definition) is 7. The van der Waals surface area contributed by atoms with Gasteiger partial charge in [-0.25, -0.2) is 19.3 Å². The molecule has 0 bridgehead atoms. The molecule has 8 N–H and O–H groups in total. The van der Waals surface area contributed by atoms with E-state index in [1.807, 2.05) is 0 Å². The highest BCUT2D eigenvalue weighted by molar-refractivity contribution is 8.00. The third-order valence-corrected chi connectivity index (χ3v) is 14.4. The van der Waals surface area contributed by atoms with Crippen molar-refractivity contribution in [2.45, 2.75) is 47.5 Å². The predicted octanol–water partition coefficient (Wildman–Crippen LogP) is 0.747. The zero-order valence-electron chi connectivity index (χ0n) is 25.0. The number of carbonyl (C=O) groups excluding carboxylic acids is 3. The molecule has 0 aliphatic carbocycles. The minimum atomic E-state index is -5.02. The van der Waals surface area contributed by atoms with Crippen molar-refractivity contribution in [1.29, 1.82) is 0 Å². The summed E-state index contributed by atoms with van der Waals surface area (Å²) in [5.74, 6) is -0.419. The third kappa shape index (κ3) is 8.51. The summed E-state index contributed by atoms with van der Waals surface area (Å²) in [7, 11) is -7.05. The molecular formula is C23H34N9O10P2S3+. The molecule has 19 nitrogen and oxygen atoms in total. The first-order valence-corrected chi connectivity index (χ1v) is 20.1. The van der Waals surface area contributed by atoms with Crippen LogP contribution in [0, 0.1) is 0 Å². The number of unbranched alkanes of at least 4 members (excludes halogenated alkanes) is 2. The third-order valence-electron chi connectivity index (χ3n) is 7.20. The second-order valence-electron chi connectivity index (χ2n) is 10.5. The number of nitrogens with one attached hydrogen (secondary N) is 2. The molecule has 0 saturated carbocycles. The van der Waals surface area contributed by atoms with Crippen molar-refractivity contribution in [3.05, 3.63) is 29.0 Å². The van der Waals surface area contributed by atoms with Crippen molar-refractivity contribution in [3.63, 3.8) is 0 Å². The van der Waals surface area contributed by atoms with Crippen LogP contribution in [0.2, 0.25) is 0 Å². The number of amides is 4. The Hall–Kier alpha value is -2.65. The average Bonchev–Trinajstić information content (AvgIpc) is 3.62. The van der Waals surface area contributed by atoms with E-state index in [-0.39, 0.29) is 29.5 Å². The number of nitrogens with two attached hydrogens (primary N) is 1. The average molecular weight is 755 g/mol. The smallest absolute Gasteiger partial charge is 0.398 e. The summed E-state index contributed by atoms with van der Waals surface area (Å²) < 4.78 is 23.9. The molecule has 3 atom stereocenters. The lowest BCUT2D eigenvalue weighted by molar-refractivity contribution is -0.766. The number of nitrogen functional groups attached to an aromatic ring is 1. The Balaban J connectivity index is 1.45. The van der Waals surface area contributed by atoms with Crippen LogP contribution in [-0.4, -0.2) is 110 Å². The topological polar surface area (TPSA) is 282 Å². The van der Waals surface area contributed by atoms with E-state index in [1.54, 1.807) is 24.1 Å². The van der Waals surface area contributed by atoms with Crippen molar-refractivity contribution < 1.29 is 52.4 Å². The molecule has 47 heavy (non-hydrogen) atoms. The maximum atomic E-state index is 13.8. The SMILES string of the molecule is CO/N=C(\C(=O)NC1C(=O)[N+]2(C(=O)NCCCCCC(P(=O)(O)O)P(=O)(O)O)C=C(CSc3cnnn3C)CS[C@@H]12)c1csc(N)n1. The Labute approximate surface area is 280 Å².